The van der Waals surface area contributed by atoms with Gasteiger partial charge in [0, 0.05) is 32.6 Å². The molecule has 1 aliphatic carbocycles. The van der Waals surface area contributed by atoms with Gasteiger partial charge in [-0.1, -0.05) is 39.5 Å². The van der Waals surface area contributed by atoms with Gasteiger partial charge in [0.05, 0.1) is 11.4 Å². The van der Waals surface area contributed by atoms with E-state index in [0.29, 0.717) is 18.2 Å². The maximum absolute atomic E-state index is 13.9. The van der Waals surface area contributed by atoms with E-state index in [-0.39, 0.29) is 25.4 Å². The second-order valence-electron chi connectivity index (χ2n) is 10.8. The number of hydrogen-bond acceptors (Lipinski definition) is 5. The highest BCUT2D eigenvalue weighted by Gasteiger charge is 2.28. The van der Waals surface area contributed by atoms with Gasteiger partial charge in [-0.25, -0.2) is 14.7 Å². The Hall–Kier alpha value is -2.88. The van der Waals surface area contributed by atoms with Crippen LogP contribution in [0.15, 0.2) is 18.2 Å². The third-order valence-electron chi connectivity index (χ3n) is 7.10. The summed E-state index contributed by atoms with van der Waals surface area (Å²) in [6, 6.07) is 3.91. The Morgan fingerprint density at radius 1 is 1.14 bits per heavy atom. The van der Waals surface area contributed by atoms with Crippen molar-refractivity contribution in [3.05, 3.63) is 24.0 Å². The second-order valence-corrected chi connectivity index (χ2v) is 10.8. The van der Waals surface area contributed by atoms with Crippen LogP contribution in [0.1, 0.15) is 65.2 Å². The van der Waals surface area contributed by atoms with Gasteiger partial charge in [0.25, 0.3) is 5.91 Å². The first kappa shape index (κ1) is 27.7. The van der Waals surface area contributed by atoms with Gasteiger partial charge in [0.1, 0.15) is 12.4 Å². The van der Waals surface area contributed by atoms with Crippen LogP contribution in [-0.2, 0) is 9.59 Å². The maximum atomic E-state index is 13.9. The van der Waals surface area contributed by atoms with Gasteiger partial charge in [-0.15, -0.1) is 0 Å². The molecule has 1 aromatic rings. The Morgan fingerprint density at radius 3 is 2.50 bits per heavy atom. The van der Waals surface area contributed by atoms with Crippen molar-refractivity contribution in [2.24, 2.45) is 11.3 Å². The van der Waals surface area contributed by atoms with E-state index in [4.69, 9.17) is 5.21 Å². The number of nitrogens with zero attached hydrogens (tertiary/aromatic N) is 2. The van der Waals surface area contributed by atoms with E-state index in [1.165, 1.54) is 29.9 Å². The molecule has 4 N–H and O–H groups in total. The quantitative estimate of drug-likeness (QED) is 0.269. The van der Waals surface area contributed by atoms with Crippen molar-refractivity contribution >= 4 is 29.2 Å². The molecule has 1 saturated heterocycles. The number of hydrogen-bond donors (Lipinski definition) is 4. The van der Waals surface area contributed by atoms with Crippen molar-refractivity contribution in [1.82, 2.24) is 15.7 Å². The van der Waals surface area contributed by atoms with Crippen LogP contribution < -0.4 is 21.0 Å². The van der Waals surface area contributed by atoms with Crippen molar-refractivity contribution in [1.29, 1.82) is 0 Å². The summed E-state index contributed by atoms with van der Waals surface area (Å²) >= 11 is 0. The minimum atomic E-state index is -0.631. The molecular formula is C26H40FN5O4. The van der Waals surface area contributed by atoms with Crippen LogP contribution in [0.5, 0.6) is 0 Å². The predicted octanol–water partition coefficient (Wildman–Crippen LogP) is 3.88. The molecule has 1 aliphatic heterocycles. The number of hydroxylamine groups is 1. The molecular weight excluding hydrogens is 465 g/mol. The second kappa shape index (κ2) is 12.9. The Balaban J connectivity index is 1.54. The number of nitrogens with one attached hydrogen (secondary N) is 3. The van der Waals surface area contributed by atoms with Gasteiger partial charge >= 0.3 is 6.03 Å². The number of carbonyl (C=O) groups is 3. The summed E-state index contributed by atoms with van der Waals surface area (Å²) in [5, 5.41) is 14.5. The van der Waals surface area contributed by atoms with E-state index in [0.717, 1.165) is 50.9 Å². The monoisotopic (exact) mass is 505 g/mol. The topological polar surface area (TPSA) is 114 Å². The highest BCUT2D eigenvalue weighted by molar-refractivity contribution is 5.93. The summed E-state index contributed by atoms with van der Waals surface area (Å²) in [5.41, 5.74) is 2.22. The average molecular weight is 506 g/mol. The number of anilines is 2. The molecule has 0 unspecified atom stereocenters. The largest absolute Gasteiger partial charge is 0.370 e. The van der Waals surface area contributed by atoms with Crippen molar-refractivity contribution in [3.63, 3.8) is 0 Å². The van der Waals surface area contributed by atoms with Gasteiger partial charge in [-0.05, 0) is 48.8 Å². The SMILES string of the molecule is CC(C)(CNC(=O)Nc1cc(F)ccc1N1CCCC1)CC(=O)N(CCC1CCCC1)CC(=O)NO. The fourth-order valence-electron chi connectivity index (χ4n) is 5.05. The van der Waals surface area contributed by atoms with Crippen LogP contribution in [-0.4, -0.2) is 60.7 Å². The maximum Gasteiger partial charge on any atom is 0.319 e. The summed E-state index contributed by atoms with van der Waals surface area (Å²) < 4.78 is 13.9. The summed E-state index contributed by atoms with van der Waals surface area (Å²) in [7, 11) is 0. The van der Waals surface area contributed by atoms with Crippen LogP contribution >= 0.6 is 0 Å². The molecule has 0 aromatic heterocycles. The first-order valence-corrected chi connectivity index (χ1v) is 13.0. The van der Waals surface area contributed by atoms with E-state index in [9.17, 15) is 18.8 Å². The molecule has 0 radical (unpaired) electrons. The summed E-state index contributed by atoms with van der Waals surface area (Å²) in [6.45, 7) is 5.92. The molecule has 200 valence electrons. The average Bonchev–Trinajstić information content (AvgIpc) is 3.55. The Bertz CT molecular complexity index is 914. The molecule has 36 heavy (non-hydrogen) atoms. The zero-order chi connectivity index (χ0) is 26.1. The lowest BCUT2D eigenvalue weighted by Gasteiger charge is -2.29. The number of amides is 4. The van der Waals surface area contributed by atoms with E-state index in [1.807, 2.05) is 13.8 Å². The van der Waals surface area contributed by atoms with Crippen LogP contribution in [0.3, 0.4) is 0 Å². The molecule has 0 bridgehead atoms. The van der Waals surface area contributed by atoms with Gasteiger partial charge in [-0.2, -0.15) is 0 Å². The van der Waals surface area contributed by atoms with Gasteiger partial charge < -0.3 is 20.4 Å². The third kappa shape index (κ3) is 8.36. The predicted molar refractivity (Wildman–Crippen MR) is 136 cm³/mol. The van der Waals surface area contributed by atoms with E-state index < -0.39 is 23.2 Å². The van der Waals surface area contributed by atoms with Gasteiger partial charge in [0.15, 0.2) is 0 Å². The number of rotatable bonds is 11. The van der Waals surface area contributed by atoms with E-state index >= 15 is 0 Å². The van der Waals surface area contributed by atoms with Crippen LogP contribution in [0.25, 0.3) is 0 Å². The smallest absolute Gasteiger partial charge is 0.319 e. The normalized spacial score (nSPS) is 16.2. The van der Waals surface area contributed by atoms with Crippen molar-refractivity contribution in [3.8, 4) is 0 Å². The minimum absolute atomic E-state index is 0.121. The van der Waals surface area contributed by atoms with Gasteiger partial charge in [0.2, 0.25) is 5.91 Å². The molecule has 2 fully saturated rings. The van der Waals surface area contributed by atoms with Crippen LogP contribution in [0.2, 0.25) is 0 Å². The standard InChI is InChI=1S/C26H40FN5O4/c1-26(2,16-24(34)32(17-23(33)30-36)14-11-19-7-3-4-8-19)18-28-25(35)29-21-15-20(27)9-10-22(21)31-12-5-6-13-31/h9-10,15,19,36H,3-8,11-14,16-18H2,1-2H3,(H,30,33)(H2,28,29,35). The Labute approximate surface area is 212 Å². The molecule has 1 aromatic carbocycles. The molecule has 10 heteroatoms. The highest BCUT2D eigenvalue weighted by Crippen LogP contribution is 2.30. The molecule has 3 rings (SSSR count). The Morgan fingerprint density at radius 2 is 1.83 bits per heavy atom. The molecule has 1 heterocycles. The summed E-state index contributed by atoms with van der Waals surface area (Å²) in [6.07, 6.45) is 7.75. The first-order valence-electron chi connectivity index (χ1n) is 13.0. The molecule has 9 nitrogen and oxygen atoms in total. The number of urea groups is 1. The van der Waals surface area contributed by atoms with E-state index in [2.05, 4.69) is 15.5 Å². The Kier molecular flexibility index (Phi) is 9.92. The lowest BCUT2D eigenvalue weighted by atomic mass is 9.88. The number of carbonyl (C=O) groups excluding carboxylic acids is 3. The van der Waals surface area contributed by atoms with Crippen molar-refractivity contribution < 1.29 is 24.0 Å². The third-order valence-corrected chi connectivity index (χ3v) is 7.10. The molecule has 0 atom stereocenters. The van der Waals surface area contributed by atoms with Crippen LogP contribution in [0.4, 0.5) is 20.6 Å². The highest BCUT2D eigenvalue weighted by atomic mass is 19.1. The number of benzene rings is 1. The minimum Gasteiger partial charge on any atom is -0.370 e. The lowest BCUT2D eigenvalue weighted by molar-refractivity contribution is -0.140. The fourth-order valence-corrected chi connectivity index (χ4v) is 5.05. The van der Waals surface area contributed by atoms with Crippen LogP contribution in [0, 0.1) is 17.2 Å². The first-order chi connectivity index (χ1) is 17.2. The number of halogens is 1. The molecule has 0 spiro atoms. The summed E-state index contributed by atoms with van der Waals surface area (Å²) in [5.74, 6) is -0.702. The van der Waals surface area contributed by atoms with Crippen molar-refractivity contribution in [2.45, 2.75) is 65.2 Å². The van der Waals surface area contributed by atoms with Crippen molar-refractivity contribution in [2.75, 3.05) is 42.9 Å². The zero-order valence-electron chi connectivity index (χ0n) is 21.4. The summed E-state index contributed by atoms with van der Waals surface area (Å²) in [4.78, 5) is 41.1. The fraction of sp³-hybridized carbons (Fsp3) is 0.654. The molecule has 2 aliphatic rings. The zero-order valence-corrected chi connectivity index (χ0v) is 21.4. The molecule has 1 saturated carbocycles. The van der Waals surface area contributed by atoms with E-state index in [1.54, 1.807) is 11.5 Å². The molecule has 4 amide bonds. The van der Waals surface area contributed by atoms with Gasteiger partial charge in [-0.3, -0.25) is 14.8 Å². The lowest BCUT2D eigenvalue weighted by Crippen LogP contribution is -2.44.